The SMILES string of the molecule is CC(C)(C)C1=CC=C(Oc2c3ccccc3c(-c3ccccc3)c3ncccc23)CC1. The molecule has 0 radical (unpaired) electrons. The van der Waals surface area contributed by atoms with Crippen molar-refractivity contribution in [3.63, 3.8) is 0 Å². The molecule has 1 aromatic heterocycles. The predicted molar refractivity (Wildman–Crippen MR) is 130 cm³/mol. The molecule has 154 valence electrons. The van der Waals surface area contributed by atoms with Gasteiger partial charge in [-0.25, -0.2) is 0 Å². The number of aromatic nitrogens is 1. The summed E-state index contributed by atoms with van der Waals surface area (Å²) in [5, 5.41) is 3.33. The molecule has 0 amide bonds. The molecule has 0 saturated carbocycles. The third-order valence-electron chi connectivity index (χ3n) is 6.10. The lowest BCUT2D eigenvalue weighted by Gasteiger charge is -2.26. The van der Waals surface area contributed by atoms with Gasteiger partial charge >= 0.3 is 0 Å². The molecule has 0 unspecified atom stereocenters. The van der Waals surface area contributed by atoms with E-state index in [0.29, 0.717) is 0 Å². The van der Waals surface area contributed by atoms with E-state index in [2.05, 4.69) is 87.5 Å². The highest BCUT2D eigenvalue weighted by Crippen LogP contribution is 2.43. The Balaban J connectivity index is 1.72. The molecule has 1 aliphatic carbocycles. The Morgan fingerprint density at radius 3 is 2.16 bits per heavy atom. The van der Waals surface area contributed by atoms with Gasteiger partial charge in [-0.15, -0.1) is 0 Å². The first kappa shape index (κ1) is 19.6. The second kappa shape index (κ2) is 7.70. The summed E-state index contributed by atoms with van der Waals surface area (Å²) in [5.74, 6) is 1.91. The lowest BCUT2D eigenvalue weighted by molar-refractivity contribution is 0.395. The second-order valence-corrected chi connectivity index (χ2v) is 9.19. The molecule has 2 nitrogen and oxygen atoms in total. The molecule has 0 spiro atoms. The Labute approximate surface area is 183 Å². The molecule has 0 fully saturated rings. The van der Waals surface area contributed by atoms with E-state index in [1.807, 2.05) is 18.3 Å². The van der Waals surface area contributed by atoms with Crippen molar-refractivity contribution in [1.82, 2.24) is 4.98 Å². The van der Waals surface area contributed by atoms with Crippen LogP contribution in [0.3, 0.4) is 0 Å². The topological polar surface area (TPSA) is 22.1 Å². The molecule has 5 rings (SSSR count). The van der Waals surface area contributed by atoms with E-state index in [-0.39, 0.29) is 5.41 Å². The van der Waals surface area contributed by atoms with Gasteiger partial charge in [0.2, 0.25) is 0 Å². The lowest BCUT2D eigenvalue weighted by Crippen LogP contribution is -2.12. The summed E-state index contributed by atoms with van der Waals surface area (Å²) in [6.45, 7) is 6.81. The Morgan fingerprint density at radius 1 is 0.742 bits per heavy atom. The number of ether oxygens (including phenoxy) is 1. The van der Waals surface area contributed by atoms with Crippen LogP contribution < -0.4 is 4.74 Å². The summed E-state index contributed by atoms with van der Waals surface area (Å²) < 4.78 is 6.61. The van der Waals surface area contributed by atoms with Gasteiger partial charge in [0.05, 0.1) is 5.52 Å². The van der Waals surface area contributed by atoms with Gasteiger partial charge in [0.1, 0.15) is 11.5 Å². The normalized spacial score (nSPS) is 14.4. The number of nitrogens with zero attached hydrogens (tertiary/aromatic N) is 1. The van der Waals surface area contributed by atoms with Crippen molar-refractivity contribution in [2.75, 3.05) is 0 Å². The molecule has 0 aliphatic heterocycles. The average Bonchev–Trinajstić information content (AvgIpc) is 2.79. The Hall–Kier alpha value is -3.39. The number of pyridine rings is 1. The van der Waals surface area contributed by atoms with Crippen LogP contribution in [0.5, 0.6) is 5.75 Å². The van der Waals surface area contributed by atoms with Crippen molar-refractivity contribution in [3.8, 4) is 16.9 Å². The molecule has 3 aromatic carbocycles. The Bertz CT molecular complexity index is 1270. The molecule has 0 atom stereocenters. The molecule has 1 heterocycles. The van der Waals surface area contributed by atoms with E-state index in [1.54, 1.807) is 0 Å². The van der Waals surface area contributed by atoms with Crippen LogP contribution in [0.4, 0.5) is 0 Å². The lowest BCUT2D eigenvalue weighted by atomic mass is 9.82. The van der Waals surface area contributed by atoms with E-state index in [4.69, 9.17) is 9.72 Å². The monoisotopic (exact) mass is 405 g/mol. The van der Waals surface area contributed by atoms with Crippen molar-refractivity contribution in [2.45, 2.75) is 33.6 Å². The summed E-state index contributed by atoms with van der Waals surface area (Å²) in [6.07, 6.45) is 8.20. The largest absolute Gasteiger partial charge is 0.460 e. The first-order valence-electron chi connectivity index (χ1n) is 11.0. The van der Waals surface area contributed by atoms with Crippen molar-refractivity contribution in [1.29, 1.82) is 0 Å². The number of hydrogen-bond donors (Lipinski definition) is 0. The maximum absolute atomic E-state index is 6.61. The molecule has 1 aliphatic rings. The summed E-state index contributed by atoms with van der Waals surface area (Å²) in [6, 6.07) is 23.1. The van der Waals surface area contributed by atoms with Crippen molar-refractivity contribution >= 4 is 21.7 Å². The van der Waals surface area contributed by atoms with Crippen LogP contribution in [0.25, 0.3) is 32.8 Å². The molecule has 4 aromatic rings. The molecule has 2 heteroatoms. The minimum atomic E-state index is 0.197. The van der Waals surface area contributed by atoms with Gasteiger partial charge in [-0.1, -0.05) is 87.0 Å². The van der Waals surface area contributed by atoms with Gasteiger partial charge in [-0.2, -0.15) is 0 Å². The van der Waals surface area contributed by atoms with Crippen LogP contribution in [0.15, 0.2) is 96.4 Å². The van der Waals surface area contributed by atoms with Crippen molar-refractivity contribution < 1.29 is 4.74 Å². The van der Waals surface area contributed by atoms with Crippen LogP contribution in [0.1, 0.15) is 33.6 Å². The van der Waals surface area contributed by atoms with Gasteiger partial charge in [-0.05, 0) is 41.0 Å². The minimum absolute atomic E-state index is 0.197. The highest BCUT2D eigenvalue weighted by Gasteiger charge is 2.22. The Morgan fingerprint density at radius 2 is 1.45 bits per heavy atom. The zero-order valence-corrected chi connectivity index (χ0v) is 18.4. The maximum atomic E-state index is 6.61. The maximum Gasteiger partial charge on any atom is 0.144 e. The number of allylic oxidation sites excluding steroid dienone is 4. The van der Waals surface area contributed by atoms with Gasteiger partial charge in [0.15, 0.2) is 0 Å². The van der Waals surface area contributed by atoms with Gasteiger partial charge in [-0.3, -0.25) is 4.98 Å². The zero-order valence-electron chi connectivity index (χ0n) is 18.4. The zero-order chi connectivity index (χ0) is 21.4. The van der Waals surface area contributed by atoms with E-state index in [0.717, 1.165) is 51.6 Å². The van der Waals surface area contributed by atoms with Crippen LogP contribution >= 0.6 is 0 Å². The summed E-state index contributed by atoms with van der Waals surface area (Å²) in [7, 11) is 0. The van der Waals surface area contributed by atoms with Crippen LogP contribution in [0, 0.1) is 5.41 Å². The fourth-order valence-corrected chi connectivity index (χ4v) is 4.43. The minimum Gasteiger partial charge on any atom is -0.460 e. The van der Waals surface area contributed by atoms with E-state index in [1.165, 1.54) is 11.1 Å². The van der Waals surface area contributed by atoms with Crippen molar-refractivity contribution in [2.24, 2.45) is 5.41 Å². The Kier molecular flexibility index (Phi) is 4.86. The first-order chi connectivity index (χ1) is 15.0. The molecule has 0 bridgehead atoms. The number of rotatable bonds is 3. The van der Waals surface area contributed by atoms with Crippen LogP contribution in [0.2, 0.25) is 0 Å². The highest BCUT2D eigenvalue weighted by molar-refractivity contribution is 6.15. The summed E-state index contributed by atoms with van der Waals surface area (Å²) in [5.41, 5.74) is 4.97. The fourth-order valence-electron chi connectivity index (χ4n) is 4.43. The molecule has 0 saturated heterocycles. The fraction of sp³-hybridized carbons (Fsp3) is 0.207. The summed E-state index contributed by atoms with van der Waals surface area (Å²) >= 11 is 0. The van der Waals surface area contributed by atoms with Gasteiger partial charge in [0, 0.05) is 29.0 Å². The average molecular weight is 406 g/mol. The molecular formula is C29H27NO. The molecular weight excluding hydrogens is 378 g/mol. The van der Waals surface area contributed by atoms with E-state index < -0.39 is 0 Å². The quantitative estimate of drug-likeness (QED) is 0.321. The highest BCUT2D eigenvalue weighted by atomic mass is 16.5. The number of fused-ring (bicyclic) bond motifs is 2. The third kappa shape index (κ3) is 3.63. The number of hydrogen-bond acceptors (Lipinski definition) is 2. The van der Waals surface area contributed by atoms with Gasteiger partial charge in [0.25, 0.3) is 0 Å². The molecule has 0 N–H and O–H groups in total. The van der Waals surface area contributed by atoms with E-state index in [9.17, 15) is 0 Å². The van der Waals surface area contributed by atoms with Crippen LogP contribution in [-0.2, 0) is 0 Å². The van der Waals surface area contributed by atoms with E-state index >= 15 is 0 Å². The standard InChI is InChI=1S/C29H27NO/c1-29(2,3)21-15-17-22(18-16-21)31-28-24-13-8-7-12-23(24)26(20-10-5-4-6-11-20)27-25(28)14-9-19-30-27/h4-15,17,19H,16,18H2,1-3H3. The third-order valence-corrected chi connectivity index (χ3v) is 6.10. The summed E-state index contributed by atoms with van der Waals surface area (Å²) in [4.78, 5) is 4.79. The number of benzene rings is 3. The second-order valence-electron chi connectivity index (χ2n) is 9.19. The predicted octanol–water partition coefficient (Wildman–Crippen LogP) is 8.08. The van der Waals surface area contributed by atoms with Crippen LogP contribution in [-0.4, -0.2) is 4.98 Å². The smallest absolute Gasteiger partial charge is 0.144 e. The van der Waals surface area contributed by atoms with Gasteiger partial charge < -0.3 is 4.74 Å². The first-order valence-corrected chi connectivity index (χ1v) is 11.0. The van der Waals surface area contributed by atoms with Crippen molar-refractivity contribution in [3.05, 3.63) is 96.4 Å². The molecule has 31 heavy (non-hydrogen) atoms.